The Morgan fingerprint density at radius 1 is 1.39 bits per heavy atom. The quantitative estimate of drug-likeness (QED) is 0.627. The molecule has 98 valence electrons. The van der Waals surface area contributed by atoms with Crippen LogP contribution in [-0.2, 0) is 11.3 Å². The van der Waals surface area contributed by atoms with Gasteiger partial charge >= 0.3 is 0 Å². The lowest BCUT2D eigenvalue weighted by atomic mass is 10.1. The molecule has 4 nitrogen and oxygen atoms in total. The van der Waals surface area contributed by atoms with Gasteiger partial charge in [0.25, 0.3) is 0 Å². The van der Waals surface area contributed by atoms with Crippen molar-refractivity contribution in [1.29, 1.82) is 5.41 Å². The van der Waals surface area contributed by atoms with Crippen LogP contribution < -0.4 is 5.73 Å². The topological polar surface area (TPSA) is 62.3 Å². The number of hydrogen-bond acceptors (Lipinski definition) is 3. The van der Waals surface area contributed by atoms with Crippen molar-refractivity contribution in [2.24, 2.45) is 5.73 Å². The van der Waals surface area contributed by atoms with Crippen LogP contribution in [0, 0.1) is 19.3 Å². The maximum Gasteiger partial charge on any atom is 0.127 e. The van der Waals surface area contributed by atoms with Crippen molar-refractivity contribution in [2.75, 3.05) is 19.7 Å². The average Bonchev–Trinajstić information content (AvgIpc) is 2.27. The highest BCUT2D eigenvalue weighted by molar-refractivity contribution is 5.82. The number of morpholine rings is 1. The third-order valence-electron chi connectivity index (χ3n) is 3.19. The van der Waals surface area contributed by atoms with Crippen LogP contribution in [0.15, 0.2) is 18.2 Å². The standard InChI is InChI=1S/C14H21N3O/c1-10-5-11(2)7-12(6-10)8-17-3-4-18-13(9-17)14(15)16/h5-7,13H,3-4,8-9H2,1-2H3,(H3,15,16). The van der Waals surface area contributed by atoms with Crippen molar-refractivity contribution in [1.82, 2.24) is 4.90 Å². The summed E-state index contributed by atoms with van der Waals surface area (Å²) in [6, 6.07) is 6.61. The molecule has 3 N–H and O–H groups in total. The maximum absolute atomic E-state index is 7.45. The lowest BCUT2D eigenvalue weighted by Gasteiger charge is -2.32. The molecule has 0 amide bonds. The highest BCUT2D eigenvalue weighted by Crippen LogP contribution is 2.14. The first-order chi connectivity index (χ1) is 8.54. The largest absolute Gasteiger partial charge is 0.385 e. The highest BCUT2D eigenvalue weighted by atomic mass is 16.5. The Morgan fingerprint density at radius 3 is 2.67 bits per heavy atom. The lowest BCUT2D eigenvalue weighted by molar-refractivity contribution is 0.00235. The summed E-state index contributed by atoms with van der Waals surface area (Å²) >= 11 is 0. The molecule has 1 unspecified atom stereocenters. The summed E-state index contributed by atoms with van der Waals surface area (Å²) in [5.41, 5.74) is 9.40. The van der Waals surface area contributed by atoms with E-state index in [0.717, 1.165) is 13.1 Å². The predicted molar refractivity (Wildman–Crippen MR) is 72.8 cm³/mol. The molecule has 1 saturated heterocycles. The predicted octanol–water partition coefficient (Wildman–Crippen LogP) is 1.44. The molecular formula is C14H21N3O. The van der Waals surface area contributed by atoms with Gasteiger partial charge in [-0.1, -0.05) is 29.3 Å². The SMILES string of the molecule is Cc1cc(C)cc(CN2CCOC(C(=N)N)C2)c1. The molecule has 1 fully saturated rings. The third kappa shape index (κ3) is 3.31. The van der Waals surface area contributed by atoms with Crippen LogP contribution in [0.4, 0.5) is 0 Å². The molecule has 0 saturated carbocycles. The van der Waals surface area contributed by atoms with E-state index in [1.165, 1.54) is 16.7 Å². The Balaban J connectivity index is 2.02. The summed E-state index contributed by atoms with van der Waals surface area (Å²) in [5.74, 6) is 0.125. The van der Waals surface area contributed by atoms with Crippen LogP contribution in [0.25, 0.3) is 0 Å². The van der Waals surface area contributed by atoms with E-state index in [1.54, 1.807) is 0 Å². The Labute approximate surface area is 108 Å². The monoisotopic (exact) mass is 247 g/mol. The van der Waals surface area contributed by atoms with Gasteiger partial charge in [0.2, 0.25) is 0 Å². The molecule has 1 heterocycles. The molecule has 18 heavy (non-hydrogen) atoms. The first-order valence-corrected chi connectivity index (χ1v) is 6.29. The van der Waals surface area contributed by atoms with E-state index in [2.05, 4.69) is 36.9 Å². The lowest BCUT2D eigenvalue weighted by Crippen LogP contribution is -2.47. The average molecular weight is 247 g/mol. The van der Waals surface area contributed by atoms with Crippen LogP contribution in [0.5, 0.6) is 0 Å². The first kappa shape index (κ1) is 13.1. The zero-order chi connectivity index (χ0) is 13.1. The number of amidine groups is 1. The molecule has 1 aliphatic rings. The summed E-state index contributed by atoms with van der Waals surface area (Å²) in [6.45, 7) is 7.40. The Morgan fingerprint density at radius 2 is 2.06 bits per heavy atom. The summed E-state index contributed by atoms with van der Waals surface area (Å²) in [4.78, 5) is 2.30. The molecular weight excluding hydrogens is 226 g/mol. The van der Waals surface area contributed by atoms with Gasteiger partial charge in [-0.05, 0) is 19.4 Å². The van der Waals surface area contributed by atoms with E-state index in [9.17, 15) is 0 Å². The number of ether oxygens (including phenoxy) is 1. The zero-order valence-electron chi connectivity index (χ0n) is 11.1. The second kappa shape index (κ2) is 5.50. The van der Waals surface area contributed by atoms with Crippen LogP contribution in [0.2, 0.25) is 0 Å². The Bertz CT molecular complexity index is 424. The van der Waals surface area contributed by atoms with Crippen molar-refractivity contribution >= 4 is 5.84 Å². The summed E-state index contributed by atoms with van der Waals surface area (Å²) in [6.07, 6.45) is -0.246. The van der Waals surface area contributed by atoms with Gasteiger partial charge in [0.15, 0.2) is 0 Å². The van der Waals surface area contributed by atoms with Crippen LogP contribution in [-0.4, -0.2) is 36.5 Å². The second-order valence-corrected chi connectivity index (χ2v) is 5.05. The second-order valence-electron chi connectivity index (χ2n) is 5.05. The Hall–Kier alpha value is -1.39. The van der Waals surface area contributed by atoms with Gasteiger partial charge in [-0.2, -0.15) is 0 Å². The van der Waals surface area contributed by atoms with E-state index in [0.29, 0.717) is 13.2 Å². The Kier molecular flexibility index (Phi) is 3.99. The molecule has 4 heteroatoms. The van der Waals surface area contributed by atoms with Gasteiger partial charge in [0.1, 0.15) is 11.9 Å². The first-order valence-electron chi connectivity index (χ1n) is 6.29. The number of hydrogen-bond donors (Lipinski definition) is 2. The van der Waals surface area contributed by atoms with E-state index >= 15 is 0 Å². The molecule has 2 rings (SSSR count). The van der Waals surface area contributed by atoms with Crippen molar-refractivity contribution in [3.63, 3.8) is 0 Å². The number of aryl methyl sites for hydroxylation is 2. The van der Waals surface area contributed by atoms with E-state index in [4.69, 9.17) is 15.9 Å². The molecule has 1 aliphatic heterocycles. The maximum atomic E-state index is 7.45. The fraction of sp³-hybridized carbons (Fsp3) is 0.500. The molecule has 0 aliphatic carbocycles. The molecule has 1 aromatic carbocycles. The molecule has 0 bridgehead atoms. The van der Waals surface area contributed by atoms with Gasteiger partial charge in [-0.15, -0.1) is 0 Å². The minimum Gasteiger partial charge on any atom is -0.385 e. The molecule has 0 aromatic heterocycles. The van der Waals surface area contributed by atoms with Crippen LogP contribution in [0.1, 0.15) is 16.7 Å². The highest BCUT2D eigenvalue weighted by Gasteiger charge is 2.22. The minimum atomic E-state index is -0.246. The molecule has 0 radical (unpaired) electrons. The van der Waals surface area contributed by atoms with Gasteiger partial charge < -0.3 is 10.5 Å². The van der Waals surface area contributed by atoms with Gasteiger partial charge in [0.05, 0.1) is 6.61 Å². The van der Waals surface area contributed by atoms with Crippen molar-refractivity contribution in [3.8, 4) is 0 Å². The fourth-order valence-corrected chi connectivity index (χ4v) is 2.45. The number of benzene rings is 1. The van der Waals surface area contributed by atoms with Gasteiger partial charge in [-0.25, -0.2) is 0 Å². The summed E-state index contributed by atoms with van der Waals surface area (Å²) in [5, 5.41) is 7.45. The number of nitrogens with one attached hydrogen (secondary N) is 1. The van der Waals surface area contributed by atoms with Crippen molar-refractivity contribution in [3.05, 3.63) is 34.9 Å². The van der Waals surface area contributed by atoms with Crippen molar-refractivity contribution in [2.45, 2.75) is 26.5 Å². The zero-order valence-corrected chi connectivity index (χ0v) is 11.1. The van der Waals surface area contributed by atoms with E-state index < -0.39 is 0 Å². The normalized spacial score (nSPS) is 20.9. The number of nitrogens with zero attached hydrogens (tertiary/aromatic N) is 1. The summed E-state index contributed by atoms with van der Waals surface area (Å²) in [7, 11) is 0. The van der Waals surface area contributed by atoms with Crippen LogP contribution in [0.3, 0.4) is 0 Å². The fourth-order valence-electron chi connectivity index (χ4n) is 2.45. The van der Waals surface area contributed by atoms with Crippen molar-refractivity contribution < 1.29 is 4.74 Å². The molecule has 1 atom stereocenters. The summed E-state index contributed by atoms with van der Waals surface area (Å²) < 4.78 is 5.46. The van der Waals surface area contributed by atoms with E-state index in [-0.39, 0.29) is 11.9 Å². The third-order valence-corrected chi connectivity index (χ3v) is 3.19. The van der Waals surface area contributed by atoms with Gasteiger partial charge in [0, 0.05) is 19.6 Å². The number of rotatable bonds is 3. The molecule has 1 aromatic rings. The van der Waals surface area contributed by atoms with Crippen LogP contribution >= 0.6 is 0 Å². The molecule has 0 spiro atoms. The van der Waals surface area contributed by atoms with E-state index in [1.807, 2.05) is 0 Å². The number of nitrogens with two attached hydrogens (primary N) is 1. The van der Waals surface area contributed by atoms with Gasteiger partial charge in [-0.3, -0.25) is 10.3 Å². The minimum absolute atomic E-state index is 0.125. The smallest absolute Gasteiger partial charge is 0.127 e.